The Bertz CT molecular complexity index is 3070. The lowest BCUT2D eigenvalue weighted by molar-refractivity contribution is 0.563. The molecule has 262 valence electrons. The van der Waals surface area contributed by atoms with Gasteiger partial charge in [0.2, 0.25) is 0 Å². The van der Waals surface area contributed by atoms with Crippen molar-refractivity contribution in [2.24, 2.45) is 0 Å². The summed E-state index contributed by atoms with van der Waals surface area (Å²) in [6, 6.07) is 64.2. The zero-order valence-corrected chi connectivity index (χ0v) is 31.1. The van der Waals surface area contributed by atoms with Crippen molar-refractivity contribution in [3.8, 4) is 67.3 Å². The molecule has 0 aliphatic heterocycles. The Labute approximate surface area is 326 Å². The number of rotatable bonds is 3. The fraction of sp³-hybridized carbons (Fsp3) is 0.0755. The quantitative estimate of drug-likeness (QED) is 0.183. The number of benzene rings is 8. The second-order valence-corrected chi connectivity index (χ2v) is 15.9. The molecule has 56 heavy (non-hydrogen) atoms. The van der Waals surface area contributed by atoms with Crippen LogP contribution < -0.4 is 0 Å². The fourth-order valence-corrected chi connectivity index (χ4v) is 10.4. The minimum Gasteiger partial charge on any atom is -0.224 e. The van der Waals surface area contributed by atoms with Crippen LogP contribution in [0.15, 0.2) is 176 Å². The lowest BCUT2D eigenvalue weighted by Gasteiger charge is -2.46. The highest BCUT2D eigenvalue weighted by atomic mass is 15.2. The van der Waals surface area contributed by atoms with Crippen LogP contribution in [0.4, 0.5) is 0 Å². The van der Waals surface area contributed by atoms with E-state index in [0.29, 0.717) is 5.82 Å². The zero-order valence-electron chi connectivity index (χ0n) is 31.1. The van der Waals surface area contributed by atoms with Crippen molar-refractivity contribution in [2.75, 3.05) is 0 Å². The van der Waals surface area contributed by atoms with Crippen LogP contribution >= 0.6 is 0 Å². The molecular formula is C53H35N3. The highest BCUT2D eigenvalue weighted by Crippen LogP contribution is 2.62. The van der Waals surface area contributed by atoms with Gasteiger partial charge in [0.15, 0.2) is 5.82 Å². The van der Waals surface area contributed by atoms with Gasteiger partial charge in [-0.2, -0.15) is 0 Å². The number of aromatic nitrogens is 3. The molecule has 0 saturated carbocycles. The summed E-state index contributed by atoms with van der Waals surface area (Å²) >= 11 is 0. The van der Waals surface area contributed by atoms with Crippen molar-refractivity contribution in [3.05, 3.63) is 209 Å². The second kappa shape index (κ2) is 11.3. The summed E-state index contributed by atoms with van der Waals surface area (Å²) in [7, 11) is 0. The van der Waals surface area contributed by atoms with Crippen LogP contribution in [0.5, 0.6) is 0 Å². The standard InChI is InChI=1S/C53H35N3/c1-52(2)44-24-10-11-25-46(44)53(42-22-8-6-18-37(42)38-19-7-9-23-43(38)53)47-31-34(27-29-45(47)52)50-49(33-14-4-3-5-15-33)54-51(56-55-50)35-26-28-36-39-20-12-16-32-17-13-21-40(48(32)39)41(36)30-35/h3-31H,1-2H3. The van der Waals surface area contributed by atoms with Gasteiger partial charge < -0.3 is 0 Å². The Morgan fingerprint density at radius 1 is 0.357 bits per heavy atom. The summed E-state index contributed by atoms with van der Waals surface area (Å²) < 4.78 is 0. The van der Waals surface area contributed by atoms with Crippen molar-refractivity contribution in [1.82, 2.24) is 15.2 Å². The average molecular weight is 714 g/mol. The third kappa shape index (κ3) is 4.04. The Balaban J connectivity index is 1.08. The molecule has 0 unspecified atom stereocenters. The normalized spacial score (nSPS) is 14.5. The van der Waals surface area contributed by atoms with E-state index in [1.54, 1.807) is 0 Å². The maximum atomic E-state index is 5.38. The van der Waals surface area contributed by atoms with E-state index in [1.807, 2.05) is 0 Å². The van der Waals surface area contributed by atoms with Crippen molar-refractivity contribution in [1.29, 1.82) is 0 Å². The molecule has 1 spiro atoms. The van der Waals surface area contributed by atoms with Gasteiger partial charge >= 0.3 is 0 Å². The van der Waals surface area contributed by atoms with Gasteiger partial charge in [-0.05, 0) is 89.7 Å². The summed E-state index contributed by atoms with van der Waals surface area (Å²) in [6.07, 6.45) is 0. The molecule has 1 heterocycles. The van der Waals surface area contributed by atoms with Gasteiger partial charge in [0.05, 0.1) is 5.41 Å². The first kappa shape index (κ1) is 31.4. The van der Waals surface area contributed by atoms with E-state index in [0.717, 1.165) is 28.1 Å². The van der Waals surface area contributed by atoms with Gasteiger partial charge in [-0.3, -0.25) is 0 Å². The van der Waals surface area contributed by atoms with E-state index in [1.165, 1.54) is 77.5 Å². The van der Waals surface area contributed by atoms with Gasteiger partial charge in [0, 0.05) is 22.1 Å². The topological polar surface area (TPSA) is 38.7 Å². The second-order valence-electron chi connectivity index (χ2n) is 15.9. The fourth-order valence-electron chi connectivity index (χ4n) is 10.4. The lowest BCUT2D eigenvalue weighted by Crippen LogP contribution is -2.40. The van der Waals surface area contributed by atoms with Crippen molar-refractivity contribution >= 4 is 10.8 Å². The van der Waals surface area contributed by atoms with Crippen LogP contribution in [0.2, 0.25) is 0 Å². The minimum atomic E-state index is -0.497. The van der Waals surface area contributed by atoms with E-state index in [4.69, 9.17) is 15.2 Å². The lowest BCUT2D eigenvalue weighted by atomic mass is 9.55. The first-order valence-corrected chi connectivity index (χ1v) is 19.5. The van der Waals surface area contributed by atoms with E-state index < -0.39 is 5.41 Å². The molecule has 3 aliphatic carbocycles. The summed E-state index contributed by atoms with van der Waals surface area (Å²) in [5.74, 6) is 0.613. The molecule has 0 fully saturated rings. The van der Waals surface area contributed by atoms with Crippen molar-refractivity contribution < 1.29 is 0 Å². The summed E-state index contributed by atoms with van der Waals surface area (Å²) in [5.41, 5.74) is 19.3. The first-order chi connectivity index (χ1) is 27.5. The predicted molar refractivity (Wildman–Crippen MR) is 228 cm³/mol. The SMILES string of the molecule is CC1(C)c2ccccc2C2(c3ccccc3-c3ccccc32)c2cc(-c3nnc(-c4ccc5c(c4)-c4cccc6cccc-5c46)nc3-c3ccccc3)ccc21. The molecule has 0 atom stereocenters. The van der Waals surface area contributed by atoms with Gasteiger partial charge in [0.25, 0.3) is 0 Å². The highest BCUT2D eigenvalue weighted by Gasteiger charge is 2.53. The summed E-state index contributed by atoms with van der Waals surface area (Å²) in [5, 5.41) is 12.6. The number of nitrogens with zero attached hydrogens (tertiary/aromatic N) is 3. The monoisotopic (exact) mass is 713 g/mol. The average Bonchev–Trinajstić information content (AvgIpc) is 3.74. The van der Waals surface area contributed by atoms with E-state index in [-0.39, 0.29) is 5.41 Å². The van der Waals surface area contributed by atoms with Gasteiger partial charge in [-0.25, -0.2) is 4.98 Å². The summed E-state index contributed by atoms with van der Waals surface area (Å²) in [6.45, 7) is 4.73. The number of hydrogen-bond acceptors (Lipinski definition) is 3. The third-order valence-electron chi connectivity index (χ3n) is 12.8. The Kier molecular flexibility index (Phi) is 6.32. The van der Waals surface area contributed by atoms with Crippen LogP contribution in [-0.4, -0.2) is 15.2 Å². The van der Waals surface area contributed by atoms with E-state index in [2.05, 4.69) is 190 Å². The summed E-state index contributed by atoms with van der Waals surface area (Å²) in [4.78, 5) is 5.38. The molecule has 0 bridgehead atoms. The molecule has 1 aromatic heterocycles. The van der Waals surface area contributed by atoms with Crippen molar-refractivity contribution in [3.63, 3.8) is 0 Å². The maximum absolute atomic E-state index is 5.38. The van der Waals surface area contributed by atoms with Gasteiger partial charge in [-0.1, -0.05) is 178 Å². The molecule has 12 rings (SSSR count). The third-order valence-corrected chi connectivity index (χ3v) is 12.8. The highest BCUT2D eigenvalue weighted by molar-refractivity contribution is 6.15. The van der Waals surface area contributed by atoms with Crippen LogP contribution in [0.1, 0.15) is 47.2 Å². The maximum Gasteiger partial charge on any atom is 0.182 e. The first-order valence-electron chi connectivity index (χ1n) is 19.5. The van der Waals surface area contributed by atoms with E-state index in [9.17, 15) is 0 Å². The van der Waals surface area contributed by atoms with Crippen LogP contribution in [0.25, 0.3) is 78.1 Å². The minimum absolute atomic E-state index is 0.226. The number of fused-ring (bicyclic) bond motifs is 12. The van der Waals surface area contributed by atoms with Crippen LogP contribution in [0, 0.1) is 0 Å². The molecule has 0 amide bonds. The molecule has 0 N–H and O–H groups in total. The molecule has 3 aliphatic rings. The largest absolute Gasteiger partial charge is 0.224 e. The van der Waals surface area contributed by atoms with Crippen LogP contribution in [-0.2, 0) is 10.8 Å². The molecular weight excluding hydrogens is 679 g/mol. The van der Waals surface area contributed by atoms with E-state index >= 15 is 0 Å². The molecule has 3 heteroatoms. The number of hydrogen-bond donors (Lipinski definition) is 0. The Hall–Kier alpha value is -6.97. The van der Waals surface area contributed by atoms with Crippen LogP contribution in [0.3, 0.4) is 0 Å². The predicted octanol–water partition coefficient (Wildman–Crippen LogP) is 12.7. The Morgan fingerprint density at radius 3 is 1.68 bits per heavy atom. The smallest absolute Gasteiger partial charge is 0.182 e. The molecule has 0 radical (unpaired) electrons. The van der Waals surface area contributed by atoms with Crippen molar-refractivity contribution in [2.45, 2.75) is 24.7 Å². The zero-order chi connectivity index (χ0) is 37.2. The molecule has 0 saturated heterocycles. The molecule has 9 aromatic rings. The van der Waals surface area contributed by atoms with Gasteiger partial charge in [0.1, 0.15) is 11.4 Å². The van der Waals surface area contributed by atoms with Gasteiger partial charge in [-0.15, -0.1) is 10.2 Å². The molecule has 8 aromatic carbocycles. The molecule has 3 nitrogen and oxygen atoms in total. The Morgan fingerprint density at radius 2 is 0.946 bits per heavy atom.